The van der Waals surface area contributed by atoms with Crippen LogP contribution in [0.1, 0.15) is 17.7 Å². The normalized spacial score (nSPS) is 20.9. The molecule has 10 heteroatoms. The summed E-state index contributed by atoms with van der Waals surface area (Å²) >= 11 is 5.84. The first-order valence-corrected chi connectivity index (χ1v) is 10.5. The maximum atomic E-state index is 13.1. The van der Waals surface area contributed by atoms with Crippen LogP contribution in [0.5, 0.6) is 0 Å². The van der Waals surface area contributed by atoms with E-state index < -0.39 is 12.1 Å². The maximum Gasteiger partial charge on any atom is 0.323 e. The number of fused-ring (bicyclic) bond motifs is 1. The van der Waals surface area contributed by atoms with Crippen molar-refractivity contribution < 1.29 is 14.3 Å². The van der Waals surface area contributed by atoms with Crippen molar-refractivity contribution in [3.63, 3.8) is 0 Å². The highest BCUT2D eigenvalue weighted by atomic mass is 35.5. The van der Waals surface area contributed by atoms with Crippen LogP contribution < -0.4 is 10.6 Å². The number of aromatic nitrogens is 2. The van der Waals surface area contributed by atoms with Gasteiger partial charge >= 0.3 is 6.03 Å². The van der Waals surface area contributed by atoms with Gasteiger partial charge in [0.1, 0.15) is 11.9 Å². The molecule has 2 atom stereocenters. The zero-order valence-corrected chi connectivity index (χ0v) is 18.2. The molecule has 2 aromatic rings. The van der Waals surface area contributed by atoms with Crippen molar-refractivity contribution in [1.82, 2.24) is 19.8 Å². The minimum Gasteiger partial charge on any atom is -0.380 e. The Morgan fingerprint density at radius 2 is 2.06 bits per heavy atom. The first kappa shape index (κ1) is 21.5. The van der Waals surface area contributed by atoms with Gasteiger partial charge in [-0.25, -0.2) is 9.78 Å². The highest BCUT2D eigenvalue weighted by molar-refractivity contribution is 6.30. The fraction of sp³-hybridized carbons (Fsp3) is 0.429. The van der Waals surface area contributed by atoms with Gasteiger partial charge in [0.05, 0.1) is 28.7 Å². The zero-order valence-electron chi connectivity index (χ0n) is 17.5. The Kier molecular flexibility index (Phi) is 6.35. The fourth-order valence-corrected chi connectivity index (χ4v) is 4.02. The Bertz CT molecular complexity index is 970. The number of likely N-dealkylation sites (tertiary alicyclic amines) is 1. The molecule has 0 unspecified atom stereocenters. The summed E-state index contributed by atoms with van der Waals surface area (Å²) in [5, 5.41) is 6.11. The number of pyridine rings is 2. The topological polar surface area (TPSA) is 99.7 Å². The number of nitrogens with one attached hydrogen (secondary N) is 2. The van der Waals surface area contributed by atoms with Crippen molar-refractivity contribution in [2.75, 3.05) is 37.9 Å². The smallest absolute Gasteiger partial charge is 0.323 e. The van der Waals surface area contributed by atoms with E-state index in [4.69, 9.17) is 16.3 Å². The van der Waals surface area contributed by atoms with E-state index in [2.05, 4.69) is 32.5 Å². The van der Waals surface area contributed by atoms with Crippen LogP contribution in [0.4, 0.5) is 16.3 Å². The summed E-state index contributed by atoms with van der Waals surface area (Å²) in [7, 11) is 3.64. The second-order valence-corrected chi connectivity index (χ2v) is 8.30. The second-order valence-electron chi connectivity index (χ2n) is 7.86. The lowest BCUT2D eigenvalue weighted by Crippen LogP contribution is -2.45. The second kappa shape index (κ2) is 9.17. The molecule has 4 heterocycles. The van der Waals surface area contributed by atoms with Crippen molar-refractivity contribution in [2.45, 2.75) is 31.5 Å². The number of hydrogen-bond donors (Lipinski definition) is 2. The van der Waals surface area contributed by atoms with E-state index in [1.807, 2.05) is 6.07 Å². The van der Waals surface area contributed by atoms with Crippen LogP contribution in [0.2, 0.25) is 5.02 Å². The van der Waals surface area contributed by atoms with E-state index in [1.165, 1.54) is 11.1 Å². The van der Waals surface area contributed by atoms with Gasteiger partial charge in [-0.15, -0.1) is 0 Å². The predicted molar refractivity (Wildman–Crippen MR) is 117 cm³/mol. The molecule has 0 radical (unpaired) electrons. The van der Waals surface area contributed by atoms with Crippen LogP contribution in [0.25, 0.3) is 0 Å². The molecule has 1 saturated heterocycles. The number of carbonyl (C=O) groups is 2. The quantitative estimate of drug-likeness (QED) is 0.751. The lowest BCUT2D eigenvalue weighted by atomic mass is 10.1. The Morgan fingerprint density at radius 1 is 1.23 bits per heavy atom. The van der Waals surface area contributed by atoms with E-state index in [1.54, 1.807) is 25.4 Å². The average molecular weight is 445 g/mol. The number of halogens is 1. The number of rotatable bonds is 4. The van der Waals surface area contributed by atoms with Gasteiger partial charge in [0.25, 0.3) is 0 Å². The van der Waals surface area contributed by atoms with E-state index in [0.717, 1.165) is 30.8 Å². The molecule has 4 rings (SSSR count). The molecule has 2 N–H and O–H groups in total. The predicted octanol–water partition coefficient (Wildman–Crippen LogP) is 2.38. The Labute approximate surface area is 185 Å². The minimum atomic E-state index is -0.667. The average Bonchev–Trinajstić information content (AvgIpc) is 3.20. The molecule has 1 fully saturated rings. The number of likely N-dealkylation sites (N-methyl/N-ethyl adjacent to an activating group) is 1. The highest BCUT2D eigenvalue weighted by Gasteiger charge is 2.40. The van der Waals surface area contributed by atoms with Crippen molar-refractivity contribution in [3.8, 4) is 0 Å². The van der Waals surface area contributed by atoms with Gasteiger partial charge in [0, 0.05) is 39.4 Å². The van der Waals surface area contributed by atoms with E-state index >= 15 is 0 Å². The summed E-state index contributed by atoms with van der Waals surface area (Å²) in [6.07, 6.45) is 4.19. The van der Waals surface area contributed by atoms with Crippen molar-refractivity contribution >= 4 is 35.0 Å². The maximum absolute atomic E-state index is 13.1. The van der Waals surface area contributed by atoms with Gasteiger partial charge in [0.2, 0.25) is 5.91 Å². The molecular formula is C21H25ClN6O3. The third-order valence-corrected chi connectivity index (χ3v) is 5.86. The molecule has 31 heavy (non-hydrogen) atoms. The van der Waals surface area contributed by atoms with Crippen LogP contribution >= 0.6 is 11.6 Å². The largest absolute Gasteiger partial charge is 0.380 e. The summed E-state index contributed by atoms with van der Waals surface area (Å²) in [6, 6.07) is 4.13. The summed E-state index contributed by atoms with van der Waals surface area (Å²) in [5.41, 5.74) is 2.80. The molecule has 0 bridgehead atoms. The standard InChI is InChI=1S/C21H25ClN6O3/c1-27-6-5-13-7-15(10-23-17(13)12-27)25-20(29)18-8-16(31-2)11-28(18)21(30)26-19-4-3-14(22)9-24-19/h3-4,7,9-10,16,18H,5-6,8,11-12H2,1-2H3,(H,25,29)(H,24,26,30)/t16-,18-/m1/s1. The zero-order chi connectivity index (χ0) is 22.0. The van der Waals surface area contributed by atoms with E-state index in [-0.39, 0.29) is 12.0 Å². The van der Waals surface area contributed by atoms with Gasteiger partial charge in [-0.05, 0) is 37.2 Å². The number of ether oxygens (including phenoxy) is 1. The number of hydrogen-bond acceptors (Lipinski definition) is 6. The SMILES string of the molecule is CO[C@@H]1C[C@H](C(=O)Nc2cnc3c(c2)CCN(C)C3)N(C(=O)Nc2ccc(Cl)cn2)C1. The molecule has 0 saturated carbocycles. The molecule has 9 nitrogen and oxygen atoms in total. The highest BCUT2D eigenvalue weighted by Crippen LogP contribution is 2.24. The summed E-state index contributed by atoms with van der Waals surface area (Å²) in [4.78, 5) is 38.2. The molecule has 2 aromatic heterocycles. The van der Waals surface area contributed by atoms with Gasteiger partial charge in [-0.2, -0.15) is 0 Å². The lowest BCUT2D eigenvalue weighted by Gasteiger charge is -2.25. The summed E-state index contributed by atoms with van der Waals surface area (Å²) in [5.74, 6) is 0.0896. The van der Waals surface area contributed by atoms with Gasteiger partial charge in [-0.1, -0.05) is 11.6 Å². The Hall–Kier alpha value is -2.75. The number of carbonyl (C=O) groups excluding carboxylic acids is 2. The molecule has 0 aliphatic carbocycles. The first-order chi connectivity index (χ1) is 14.9. The number of nitrogens with zero attached hydrogens (tertiary/aromatic N) is 4. The molecule has 3 amide bonds. The van der Waals surface area contributed by atoms with Gasteiger partial charge in [-0.3, -0.25) is 15.1 Å². The summed E-state index contributed by atoms with van der Waals surface area (Å²) < 4.78 is 5.42. The number of anilines is 2. The van der Waals surface area contributed by atoms with Crippen LogP contribution in [0.15, 0.2) is 30.6 Å². The Morgan fingerprint density at radius 3 is 2.81 bits per heavy atom. The molecular weight excluding hydrogens is 420 g/mol. The molecule has 164 valence electrons. The van der Waals surface area contributed by atoms with Crippen molar-refractivity contribution in [3.05, 3.63) is 46.9 Å². The third-order valence-electron chi connectivity index (χ3n) is 5.63. The third kappa shape index (κ3) is 4.95. The first-order valence-electron chi connectivity index (χ1n) is 10.1. The monoisotopic (exact) mass is 444 g/mol. The number of urea groups is 1. The lowest BCUT2D eigenvalue weighted by molar-refractivity contribution is -0.119. The molecule has 2 aliphatic heterocycles. The van der Waals surface area contributed by atoms with E-state index in [9.17, 15) is 9.59 Å². The van der Waals surface area contributed by atoms with Crippen LogP contribution in [0.3, 0.4) is 0 Å². The fourth-order valence-electron chi connectivity index (χ4n) is 3.91. The minimum absolute atomic E-state index is 0.225. The Balaban J connectivity index is 1.46. The number of amides is 3. The number of methoxy groups -OCH3 is 1. The van der Waals surface area contributed by atoms with Gasteiger partial charge < -0.3 is 19.9 Å². The van der Waals surface area contributed by atoms with Crippen LogP contribution in [-0.2, 0) is 22.5 Å². The molecule has 0 aromatic carbocycles. The molecule has 0 spiro atoms. The van der Waals surface area contributed by atoms with Crippen LogP contribution in [-0.4, -0.2) is 71.1 Å². The van der Waals surface area contributed by atoms with Gasteiger partial charge in [0.15, 0.2) is 0 Å². The van der Waals surface area contributed by atoms with Crippen molar-refractivity contribution in [1.29, 1.82) is 0 Å². The van der Waals surface area contributed by atoms with Crippen LogP contribution in [0, 0.1) is 0 Å². The van der Waals surface area contributed by atoms with E-state index in [0.29, 0.717) is 29.5 Å². The van der Waals surface area contributed by atoms with Crippen molar-refractivity contribution in [2.24, 2.45) is 0 Å². The molecule has 2 aliphatic rings. The summed E-state index contributed by atoms with van der Waals surface area (Å²) in [6.45, 7) is 2.06.